The summed E-state index contributed by atoms with van der Waals surface area (Å²) in [6.45, 7) is 0.433. The van der Waals surface area contributed by atoms with Crippen molar-refractivity contribution in [1.29, 1.82) is 0 Å². The van der Waals surface area contributed by atoms with Crippen molar-refractivity contribution in [2.75, 3.05) is 18.5 Å². The van der Waals surface area contributed by atoms with E-state index in [1.165, 1.54) is 5.56 Å². The molecule has 134 valence electrons. The van der Waals surface area contributed by atoms with Crippen LogP contribution in [0.4, 0.5) is 5.69 Å². The van der Waals surface area contributed by atoms with Crippen molar-refractivity contribution >= 4 is 17.5 Å². The number of hydrogen-bond donors (Lipinski definition) is 1. The highest BCUT2D eigenvalue weighted by Gasteiger charge is 2.33. The Balaban J connectivity index is 1.42. The molecule has 1 atom stereocenters. The smallest absolute Gasteiger partial charge is 0.253 e. The number of anilines is 1. The molecule has 5 heteroatoms. The maximum absolute atomic E-state index is 12.7. The molecule has 4 rings (SSSR count). The van der Waals surface area contributed by atoms with Crippen LogP contribution in [-0.2, 0) is 11.2 Å². The number of benzene rings is 2. The molecule has 1 fully saturated rings. The SMILES string of the molecule is CN(C(=O)C1CC1)c1ccccc1C(=O)NC[C@@H]1Cc2ccccc2O1. The normalized spacial score (nSPS) is 18.0. The van der Waals surface area contributed by atoms with E-state index in [-0.39, 0.29) is 23.8 Å². The second-order valence-electron chi connectivity index (χ2n) is 6.95. The molecule has 0 unspecified atom stereocenters. The van der Waals surface area contributed by atoms with Crippen molar-refractivity contribution < 1.29 is 14.3 Å². The number of nitrogens with zero attached hydrogens (tertiary/aromatic N) is 1. The van der Waals surface area contributed by atoms with E-state index in [1.807, 2.05) is 42.5 Å². The minimum Gasteiger partial charge on any atom is -0.488 e. The fourth-order valence-electron chi connectivity index (χ4n) is 3.35. The van der Waals surface area contributed by atoms with Gasteiger partial charge in [-0.2, -0.15) is 0 Å². The van der Waals surface area contributed by atoms with E-state index in [4.69, 9.17) is 4.74 Å². The number of fused-ring (bicyclic) bond motifs is 1. The summed E-state index contributed by atoms with van der Waals surface area (Å²) < 4.78 is 5.87. The first-order valence-electron chi connectivity index (χ1n) is 9.03. The second kappa shape index (κ2) is 6.83. The van der Waals surface area contributed by atoms with Crippen molar-refractivity contribution in [1.82, 2.24) is 5.32 Å². The lowest BCUT2D eigenvalue weighted by Gasteiger charge is -2.21. The van der Waals surface area contributed by atoms with E-state index >= 15 is 0 Å². The van der Waals surface area contributed by atoms with E-state index in [1.54, 1.807) is 18.0 Å². The summed E-state index contributed by atoms with van der Waals surface area (Å²) in [5.74, 6) is 0.902. The molecule has 2 aromatic rings. The fraction of sp³-hybridized carbons (Fsp3) is 0.333. The molecule has 2 aliphatic rings. The maximum Gasteiger partial charge on any atom is 0.253 e. The number of carbonyl (C=O) groups excluding carboxylic acids is 2. The summed E-state index contributed by atoms with van der Waals surface area (Å²) in [5, 5.41) is 2.95. The van der Waals surface area contributed by atoms with Crippen molar-refractivity contribution in [2.24, 2.45) is 5.92 Å². The molecular formula is C21H22N2O3. The summed E-state index contributed by atoms with van der Waals surface area (Å²) >= 11 is 0. The van der Waals surface area contributed by atoms with E-state index in [0.717, 1.165) is 25.0 Å². The van der Waals surface area contributed by atoms with Crippen LogP contribution in [0, 0.1) is 5.92 Å². The van der Waals surface area contributed by atoms with E-state index in [2.05, 4.69) is 5.32 Å². The number of nitrogens with one attached hydrogen (secondary N) is 1. The van der Waals surface area contributed by atoms with Gasteiger partial charge in [0.2, 0.25) is 5.91 Å². The molecule has 0 bridgehead atoms. The molecule has 0 radical (unpaired) electrons. The molecule has 26 heavy (non-hydrogen) atoms. The summed E-state index contributed by atoms with van der Waals surface area (Å²) in [4.78, 5) is 26.7. The lowest BCUT2D eigenvalue weighted by atomic mass is 10.1. The Morgan fingerprint density at radius 2 is 1.85 bits per heavy atom. The Kier molecular flexibility index (Phi) is 4.37. The van der Waals surface area contributed by atoms with Gasteiger partial charge in [0.05, 0.1) is 17.8 Å². The van der Waals surface area contributed by atoms with Crippen LogP contribution in [0.15, 0.2) is 48.5 Å². The third-order valence-corrected chi connectivity index (χ3v) is 4.97. The number of rotatable bonds is 5. The van der Waals surface area contributed by atoms with E-state index in [0.29, 0.717) is 17.8 Å². The third kappa shape index (κ3) is 3.29. The van der Waals surface area contributed by atoms with Gasteiger partial charge in [-0.15, -0.1) is 0 Å². The van der Waals surface area contributed by atoms with Crippen molar-refractivity contribution in [3.05, 3.63) is 59.7 Å². The molecule has 2 aromatic carbocycles. The number of amides is 2. The number of para-hydroxylation sites is 2. The number of ether oxygens (including phenoxy) is 1. The molecule has 0 saturated heterocycles. The first-order valence-corrected chi connectivity index (χ1v) is 9.03. The van der Waals surface area contributed by atoms with Gasteiger partial charge in [-0.25, -0.2) is 0 Å². The minimum atomic E-state index is -0.185. The van der Waals surface area contributed by atoms with Crippen LogP contribution in [0.25, 0.3) is 0 Å². The molecule has 1 heterocycles. The summed E-state index contributed by atoms with van der Waals surface area (Å²) in [7, 11) is 1.74. The van der Waals surface area contributed by atoms with Crippen LogP contribution in [0.5, 0.6) is 5.75 Å². The molecule has 5 nitrogen and oxygen atoms in total. The van der Waals surface area contributed by atoms with Crippen molar-refractivity contribution in [3.63, 3.8) is 0 Å². The molecule has 1 aliphatic carbocycles. The van der Waals surface area contributed by atoms with Crippen LogP contribution in [0.3, 0.4) is 0 Å². The topological polar surface area (TPSA) is 58.6 Å². The Bertz CT molecular complexity index is 820. The minimum absolute atomic E-state index is 0.0608. The van der Waals surface area contributed by atoms with E-state index < -0.39 is 0 Å². The number of hydrogen-bond acceptors (Lipinski definition) is 3. The average molecular weight is 350 g/mol. The van der Waals surface area contributed by atoms with Crippen LogP contribution < -0.4 is 15.0 Å². The van der Waals surface area contributed by atoms with Crippen molar-refractivity contribution in [3.8, 4) is 5.75 Å². The predicted molar refractivity (Wildman–Crippen MR) is 99.5 cm³/mol. The van der Waals surface area contributed by atoms with Gasteiger partial charge >= 0.3 is 0 Å². The van der Waals surface area contributed by atoms with Crippen LogP contribution in [-0.4, -0.2) is 31.5 Å². The van der Waals surface area contributed by atoms with Crippen molar-refractivity contribution in [2.45, 2.75) is 25.4 Å². The molecule has 1 aliphatic heterocycles. The Labute approximate surface area is 153 Å². The van der Waals surface area contributed by atoms with Gasteiger partial charge in [-0.3, -0.25) is 9.59 Å². The Morgan fingerprint density at radius 3 is 2.62 bits per heavy atom. The number of carbonyl (C=O) groups is 2. The molecule has 0 aromatic heterocycles. The van der Waals surface area contributed by atoms with Gasteiger partial charge in [-0.05, 0) is 36.6 Å². The van der Waals surface area contributed by atoms with Gasteiger partial charge in [-0.1, -0.05) is 30.3 Å². The highest BCUT2D eigenvalue weighted by molar-refractivity contribution is 6.05. The quantitative estimate of drug-likeness (QED) is 0.902. The summed E-state index contributed by atoms with van der Waals surface area (Å²) in [6, 6.07) is 15.2. The molecule has 1 N–H and O–H groups in total. The molecule has 2 amide bonds. The third-order valence-electron chi connectivity index (χ3n) is 4.97. The molecular weight excluding hydrogens is 328 g/mol. The second-order valence-corrected chi connectivity index (χ2v) is 6.95. The first kappa shape index (κ1) is 16.6. The first-order chi connectivity index (χ1) is 12.6. The zero-order valence-corrected chi connectivity index (χ0v) is 14.8. The molecule has 1 saturated carbocycles. The standard InChI is InChI=1S/C21H22N2O3/c1-23(21(25)14-10-11-14)18-8-4-3-7-17(18)20(24)22-13-16-12-15-6-2-5-9-19(15)26-16/h2-9,14,16H,10-13H2,1H3,(H,22,24)/t16-/m0/s1. The Hall–Kier alpha value is -2.82. The highest BCUT2D eigenvalue weighted by atomic mass is 16.5. The predicted octanol–water partition coefficient (Wildman–Crippen LogP) is 2.79. The van der Waals surface area contributed by atoms with E-state index in [9.17, 15) is 9.59 Å². The largest absolute Gasteiger partial charge is 0.488 e. The lowest BCUT2D eigenvalue weighted by Crippen LogP contribution is -2.36. The monoisotopic (exact) mass is 350 g/mol. The van der Waals surface area contributed by atoms with Gasteiger partial charge in [0.1, 0.15) is 11.9 Å². The fourth-order valence-corrected chi connectivity index (χ4v) is 3.35. The van der Waals surface area contributed by atoms with Crippen LogP contribution in [0.2, 0.25) is 0 Å². The van der Waals surface area contributed by atoms with Gasteiger partial charge in [0, 0.05) is 19.4 Å². The van der Waals surface area contributed by atoms with Crippen LogP contribution >= 0.6 is 0 Å². The molecule has 0 spiro atoms. The van der Waals surface area contributed by atoms with Crippen LogP contribution in [0.1, 0.15) is 28.8 Å². The zero-order valence-electron chi connectivity index (χ0n) is 14.8. The van der Waals surface area contributed by atoms with Gasteiger partial charge < -0.3 is 15.0 Å². The Morgan fingerprint density at radius 1 is 1.12 bits per heavy atom. The lowest BCUT2D eigenvalue weighted by molar-refractivity contribution is -0.119. The zero-order chi connectivity index (χ0) is 18.1. The highest BCUT2D eigenvalue weighted by Crippen LogP contribution is 2.33. The van der Waals surface area contributed by atoms with Gasteiger partial charge in [0.25, 0.3) is 5.91 Å². The maximum atomic E-state index is 12.7. The summed E-state index contributed by atoms with van der Waals surface area (Å²) in [6.07, 6.45) is 2.61. The van der Waals surface area contributed by atoms with Gasteiger partial charge in [0.15, 0.2) is 0 Å². The summed E-state index contributed by atoms with van der Waals surface area (Å²) in [5.41, 5.74) is 2.33. The average Bonchev–Trinajstić information content (AvgIpc) is 3.44.